The van der Waals surface area contributed by atoms with Crippen molar-refractivity contribution < 1.29 is 13.2 Å². The van der Waals surface area contributed by atoms with E-state index in [0.717, 1.165) is 49.4 Å². The molecule has 0 unspecified atom stereocenters. The smallest absolute Gasteiger partial charge is 0.243 e. The van der Waals surface area contributed by atoms with Gasteiger partial charge in [0.2, 0.25) is 15.9 Å². The molecule has 1 aromatic carbocycles. The molecule has 0 radical (unpaired) electrons. The summed E-state index contributed by atoms with van der Waals surface area (Å²) in [6.45, 7) is 11.6. The van der Waals surface area contributed by atoms with Gasteiger partial charge in [0.15, 0.2) is 0 Å². The van der Waals surface area contributed by atoms with E-state index in [-0.39, 0.29) is 5.91 Å². The van der Waals surface area contributed by atoms with Crippen LogP contribution < -0.4 is 9.62 Å². The van der Waals surface area contributed by atoms with Gasteiger partial charge in [0, 0.05) is 6.54 Å². The molecule has 1 amide bonds. The maximum Gasteiger partial charge on any atom is 0.243 e. The summed E-state index contributed by atoms with van der Waals surface area (Å²) in [4.78, 5) is 15.1. The minimum atomic E-state index is -3.58. The summed E-state index contributed by atoms with van der Waals surface area (Å²) >= 11 is 0. The van der Waals surface area contributed by atoms with Crippen LogP contribution in [-0.4, -0.2) is 57.7 Å². The molecule has 0 aromatic heterocycles. The summed E-state index contributed by atoms with van der Waals surface area (Å²) in [5, 5.41) is 2.91. The lowest BCUT2D eigenvalue weighted by molar-refractivity contribution is -0.121. The highest BCUT2D eigenvalue weighted by Crippen LogP contribution is 2.23. The van der Waals surface area contributed by atoms with Gasteiger partial charge in [0.05, 0.1) is 11.9 Å². The van der Waals surface area contributed by atoms with Crippen LogP contribution in [0.2, 0.25) is 0 Å². The molecule has 1 aromatic rings. The first kappa shape index (κ1) is 22.7. The molecule has 0 spiro atoms. The van der Waals surface area contributed by atoms with Crippen LogP contribution in [0.3, 0.4) is 0 Å². The Morgan fingerprint density at radius 2 is 1.89 bits per heavy atom. The maximum absolute atomic E-state index is 12.6. The summed E-state index contributed by atoms with van der Waals surface area (Å²) in [7, 11) is -3.58. The van der Waals surface area contributed by atoms with Gasteiger partial charge in [0.25, 0.3) is 0 Å². The molecule has 1 aliphatic rings. The summed E-state index contributed by atoms with van der Waals surface area (Å²) in [5.74, 6) is 0.542. The van der Waals surface area contributed by atoms with E-state index in [1.165, 1.54) is 17.1 Å². The Bertz CT molecular complexity index is 771. The number of likely N-dealkylation sites (tertiary alicyclic amines) is 1. The van der Waals surface area contributed by atoms with Crippen LogP contribution in [-0.2, 0) is 14.8 Å². The first-order valence-electron chi connectivity index (χ1n) is 10.2. The Morgan fingerprint density at radius 3 is 2.46 bits per heavy atom. The molecule has 28 heavy (non-hydrogen) atoms. The van der Waals surface area contributed by atoms with Gasteiger partial charge < -0.3 is 10.2 Å². The molecule has 1 saturated heterocycles. The lowest BCUT2D eigenvalue weighted by Crippen LogP contribution is -2.48. The Kier molecular flexibility index (Phi) is 7.89. The lowest BCUT2D eigenvalue weighted by atomic mass is 9.99. The number of piperidine rings is 1. The van der Waals surface area contributed by atoms with Crippen LogP contribution in [0, 0.1) is 19.8 Å². The van der Waals surface area contributed by atoms with Crippen LogP contribution in [0.15, 0.2) is 18.2 Å². The van der Waals surface area contributed by atoms with Crippen LogP contribution in [0.4, 0.5) is 5.69 Å². The van der Waals surface area contributed by atoms with E-state index in [2.05, 4.69) is 17.1 Å². The van der Waals surface area contributed by atoms with Gasteiger partial charge in [-0.2, -0.15) is 0 Å². The number of sulfonamides is 1. The molecule has 0 aliphatic carbocycles. The van der Waals surface area contributed by atoms with Crippen LogP contribution in [0.5, 0.6) is 0 Å². The number of carbonyl (C=O) groups excluding carboxylic acids is 1. The average molecular weight is 410 g/mol. The topological polar surface area (TPSA) is 69.7 Å². The van der Waals surface area contributed by atoms with E-state index in [1.807, 2.05) is 26.0 Å². The predicted molar refractivity (Wildman–Crippen MR) is 115 cm³/mol. The largest absolute Gasteiger partial charge is 0.354 e. The number of nitrogens with one attached hydrogen (secondary N) is 1. The third-order valence-corrected chi connectivity index (χ3v) is 6.90. The van der Waals surface area contributed by atoms with E-state index in [4.69, 9.17) is 0 Å². The van der Waals surface area contributed by atoms with Gasteiger partial charge in [-0.25, -0.2) is 8.42 Å². The van der Waals surface area contributed by atoms with E-state index in [9.17, 15) is 13.2 Å². The summed E-state index contributed by atoms with van der Waals surface area (Å²) in [6, 6.07) is 4.66. The zero-order valence-corrected chi connectivity index (χ0v) is 18.7. The molecule has 1 fully saturated rings. The number of carbonyl (C=O) groups is 1. The van der Waals surface area contributed by atoms with Crippen molar-refractivity contribution in [1.82, 2.24) is 10.2 Å². The Balaban J connectivity index is 1.93. The second-order valence-electron chi connectivity index (χ2n) is 8.17. The molecule has 158 valence electrons. The first-order valence-corrected chi connectivity index (χ1v) is 12.0. The Morgan fingerprint density at radius 1 is 1.25 bits per heavy atom. The van der Waals surface area contributed by atoms with Crippen LogP contribution in [0.1, 0.15) is 44.2 Å². The molecule has 1 heterocycles. The van der Waals surface area contributed by atoms with Gasteiger partial charge in [-0.15, -0.1) is 0 Å². The number of rotatable bonds is 8. The number of hydrogen-bond donors (Lipinski definition) is 1. The van der Waals surface area contributed by atoms with Crippen LogP contribution in [0.25, 0.3) is 0 Å². The molecule has 1 aliphatic heterocycles. The lowest BCUT2D eigenvalue weighted by Gasteiger charge is -2.30. The maximum atomic E-state index is 12.6. The van der Waals surface area contributed by atoms with Crippen molar-refractivity contribution in [1.29, 1.82) is 0 Å². The average Bonchev–Trinajstić information content (AvgIpc) is 2.62. The zero-order chi connectivity index (χ0) is 20.9. The highest BCUT2D eigenvalue weighted by molar-refractivity contribution is 7.92. The van der Waals surface area contributed by atoms with Gasteiger partial charge in [-0.3, -0.25) is 9.10 Å². The van der Waals surface area contributed by atoms with E-state index < -0.39 is 16.1 Å². The second-order valence-corrected chi connectivity index (χ2v) is 10.0. The van der Waals surface area contributed by atoms with Crippen molar-refractivity contribution in [3.05, 3.63) is 29.3 Å². The molecular formula is C21H35N3O3S. The number of aryl methyl sites for hydroxylation is 2. The summed E-state index contributed by atoms with van der Waals surface area (Å²) in [5.41, 5.74) is 2.60. The van der Waals surface area contributed by atoms with E-state index in [1.54, 1.807) is 13.0 Å². The Hall–Kier alpha value is -1.60. The van der Waals surface area contributed by atoms with Gasteiger partial charge in [-0.1, -0.05) is 13.0 Å². The van der Waals surface area contributed by atoms with Crippen molar-refractivity contribution in [3.63, 3.8) is 0 Å². The monoisotopic (exact) mass is 409 g/mol. The van der Waals surface area contributed by atoms with Gasteiger partial charge >= 0.3 is 0 Å². The fraction of sp³-hybridized carbons (Fsp3) is 0.667. The molecule has 0 saturated carbocycles. The SMILES string of the molecule is Cc1ccc(N([C@@H](C)C(=O)NCCCN2CCC(C)CC2)S(C)(=O)=O)cc1C. The number of amides is 1. The van der Waals surface area contributed by atoms with E-state index >= 15 is 0 Å². The minimum Gasteiger partial charge on any atom is -0.354 e. The number of nitrogens with zero attached hydrogens (tertiary/aromatic N) is 2. The second kappa shape index (κ2) is 9.74. The molecule has 2 rings (SSSR count). The van der Waals surface area contributed by atoms with E-state index in [0.29, 0.717) is 12.2 Å². The highest BCUT2D eigenvalue weighted by Gasteiger charge is 2.29. The molecule has 1 atom stereocenters. The number of benzene rings is 1. The Labute approximate surface area is 170 Å². The summed E-state index contributed by atoms with van der Waals surface area (Å²) in [6.07, 6.45) is 4.49. The highest BCUT2D eigenvalue weighted by atomic mass is 32.2. The number of anilines is 1. The normalized spacial score (nSPS) is 17.3. The minimum absolute atomic E-state index is 0.268. The first-order chi connectivity index (χ1) is 13.1. The van der Waals surface area contributed by atoms with Crippen molar-refractivity contribution in [2.75, 3.05) is 36.7 Å². The molecular weight excluding hydrogens is 374 g/mol. The van der Waals surface area contributed by atoms with Crippen molar-refractivity contribution in [2.24, 2.45) is 5.92 Å². The third-order valence-electron chi connectivity index (χ3n) is 5.66. The molecule has 7 heteroatoms. The predicted octanol–water partition coefficient (Wildman–Crippen LogP) is 2.70. The van der Waals surface area contributed by atoms with Gasteiger partial charge in [-0.05, 0) is 88.8 Å². The van der Waals surface area contributed by atoms with Gasteiger partial charge in [0.1, 0.15) is 6.04 Å². The molecule has 0 bridgehead atoms. The molecule has 1 N–H and O–H groups in total. The van der Waals surface area contributed by atoms with Crippen LogP contribution >= 0.6 is 0 Å². The van der Waals surface area contributed by atoms with Crippen molar-refractivity contribution in [2.45, 2.75) is 53.0 Å². The zero-order valence-electron chi connectivity index (χ0n) is 17.9. The fourth-order valence-electron chi connectivity index (χ4n) is 3.62. The van der Waals surface area contributed by atoms with Crippen molar-refractivity contribution in [3.8, 4) is 0 Å². The van der Waals surface area contributed by atoms with Crippen molar-refractivity contribution >= 4 is 21.6 Å². The quantitative estimate of drug-likeness (QED) is 0.670. The number of hydrogen-bond acceptors (Lipinski definition) is 4. The fourth-order valence-corrected chi connectivity index (χ4v) is 4.79. The molecule has 6 nitrogen and oxygen atoms in total. The summed E-state index contributed by atoms with van der Waals surface area (Å²) < 4.78 is 26.0. The standard InChI is InChI=1S/C21H35N3O3S/c1-16-9-13-23(14-10-16)12-6-11-22-21(25)19(4)24(28(5,26)27)20-8-7-17(2)18(3)15-20/h7-8,15-16,19H,6,9-14H2,1-5H3,(H,22,25)/t19-/m0/s1. The third kappa shape index (κ3) is 6.21.